The fourth-order valence-electron chi connectivity index (χ4n) is 4.19. The number of carbonyl (C=O) groups excluding carboxylic acids is 1. The number of nitrogens with zero attached hydrogens (tertiary/aromatic N) is 1. The van der Waals surface area contributed by atoms with E-state index in [2.05, 4.69) is 11.5 Å². The highest BCUT2D eigenvalue weighted by Gasteiger charge is 2.28. The number of hydrogen-bond donors (Lipinski definition) is 0. The molecular weight excluding hydrogens is 430 g/mol. The lowest BCUT2D eigenvalue weighted by Crippen LogP contribution is -1.99. The van der Waals surface area contributed by atoms with Gasteiger partial charge in [0.1, 0.15) is 29.6 Å². The van der Waals surface area contributed by atoms with E-state index in [-0.39, 0.29) is 11.5 Å². The van der Waals surface area contributed by atoms with Gasteiger partial charge >= 0.3 is 0 Å². The van der Waals surface area contributed by atoms with Gasteiger partial charge in [-0.15, -0.1) is 0 Å². The highest BCUT2D eigenvalue weighted by Crippen LogP contribution is 2.36. The van der Waals surface area contributed by atoms with Crippen molar-refractivity contribution < 1.29 is 23.7 Å². The van der Waals surface area contributed by atoms with Crippen LogP contribution in [0.5, 0.6) is 23.0 Å². The lowest BCUT2D eigenvalue weighted by Gasteiger charge is -2.10. The number of allylic oxidation sites excluding steroid dienone is 1. The van der Waals surface area contributed by atoms with Gasteiger partial charge in [0.05, 0.1) is 19.8 Å². The Morgan fingerprint density at radius 3 is 2.59 bits per heavy atom. The van der Waals surface area contributed by atoms with E-state index in [1.54, 1.807) is 38.5 Å². The Bertz CT molecular complexity index is 1420. The minimum Gasteiger partial charge on any atom is -0.497 e. The molecule has 0 aliphatic carbocycles. The molecule has 1 aliphatic heterocycles. The third kappa shape index (κ3) is 3.88. The maximum Gasteiger partial charge on any atom is 0.231 e. The van der Waals surface area contributed by atoms with Gasteiger partial charge in [-0.1, -0.05) is 18.2 Å². The minimum atomic E-state index is -0.147. The monoisotopic (exact) mass is 455 g/mol. The predicted molar refractivity (Wildman–Crippen MR) is 131 cm³/mol. The van der Waals surface area contributed by atoms with Gasteiger partial charge in [-0.2, -0.15) is 0 Å². The standard InChI is InChI=1S/C28H25NO5/c1-4-29-16-19(23-14-20(31-2)10-12-24(23)29)13-27-28(30)22-11-9-21(15-26(22)34-27)33-17-18-7-5-6-8-25(18)32-3/h5-16H,4,17H2,1-3H3/b27-13+. The first-order valence-electron chi connectivity index (χ1n) is 11.1. The normalized spacial score (nSPS) is 13.7. The fraction of sp³-hybridized carbons (Fsp3) is 0.179. The second-order valence-electron chi connectivity index (χ2n) is 7.95. The highest BCUT2D eigenvalue weighted by atomic mass is 16.5. The smallest absolute Gasteiger partial charge is 0.231 e. The molecule has 1 aliphatic rings. The van der Waals surface area contributed by atoms with Crippen molar-refractivity contribution in [3.63, 3.8) is 0 Å². The third-order valence-corrected chi connectivity index (χ3v) is 5.97. The molecule has 0 spiro atoms. The summed E-state index contributed by atoms with van der Waals surface area (Å²) in [5.41, 5.74) is 3.43. The highest BCUT2D eigenvalue weighted by molar-refractivity contribution is 6.15. The fourth-order valence-corrected chi connectivity index (χ4v) is 4.19. The van der Waals surface area contributed by atoms with E-state index in [9.17, 15) is 4.79 Å². The van der Waals surface area contributed by atoms with Gasteiger partial charge in [-0.05, 0) is 49.4 Å². The first-order chi connectivity index (χ1) is 16.6. The predicted octanol–water partition coefficient (Wildman–Crippen LogP) is 5.87. The number of rotatable bonds is 7. The van der Waals surface area contributed by atoms with Crippen LogP contribution >= 0.6 is 0 Å². The summed E-state index contributed by atoms with van der Waals surface area (Å²) >= 11 is 0. The van der Waals surface area contributed by atoms with Gasteiger partial charge in [0.25, 0.3) is 0 Å². The van der Waals surface area contributed by atoms with Crippen molar-refractivity contribution in [1.82, 2.24) is 4.57 Å². The number of benzene rings is 3. The average molecular weight is 456 g/mol. The van der Waals surface area contributed by atoms with Crippen LogP contribution in [-0.2, 0) is 13.2 Å². The molecule has 0 atom stereocenters. The number of methoxy groups -OCH3 is 2. The van der Waals surface area contributed by atoms with E-state index < -0.39 is 0 Å². The lowest BCUT2D eigenvalue weighted by molar-refractivity contribution is 0.101. The van der Waals surface area contributed by atoms with Crippen LogP contribution in [0.1, 0.15) is 28.4 Å². The number of aryl methyl sites for hydroxylation is 1. The molecule has 34 heavy (non-hydrogen) atoms. The molecule has 0 saturated carbocycles. The summed E-state index contributed by atoms with van der Waals surface area (Å²) in [6.45, 7) is 3.24. The van der Waals surface area contributed by atoms with E-state index in [4.69, 9.17) is 18.9 Å². The van der Waals surface area contributed by atoms with Crippen LogP contribution in [-0.4, -0.2) is 24.6 Å². The summed E-state index contributed by atoms with van der Waals surface area (Å²) in [6.07, 6.45) is 3.82. The van der Waals surface area contributed by atoms with Gasteiger partial charge in [0.2, 0.25) is 5.78 Å². The van der Waals surface area contributed by atoms with Crippen LogP contribution in [0.15, 0.2) is 72.6 Å². The molecule has 0 amide bonds. The Kier molecular flexibility index (Phi) is 5.72. The summed E-state index contributed by atoms with van der Waals surface area (Å²) in [5.74, 6) is 2.78. The summed E-state index contributed by atoms with van der Waals surface area (Å²) in [4.78, 5) is 13.0. The van der Waals surface area contributed by atoms with Crippen molar-refractivity contribution in [1.29, 1.82) is 0 Å². The van der Waals surface area contributed by atoms with Gasteiger partial charge in [-0.3, -0.25) is 4.79 Å². The number of ether oxygens (including phenoxy) is 4. The van der Waals surface area contributed by atoms with Crippen molar-refractivity contribution in [3.05, 3.63) is 89.3 Å². The van der Waals surface area contributed by atoms with Gasteiger partial charge in [-0.25, -0.2) is 0 Å². The van der Waals surface area contributed by atoms with Crippen LogP contribution in [0.3, 0.4) is 0 Å². The molecule has 1 aromatic heterocycles. The summed E-state index contributed by atoms with van der Waals surface area (Å²) in [6, 6.07) is 18.9. The Morgan fingerprint density at radius 2 is 1.79 bits per heavy atom. The number of aromatic nitrogens is 1. The molecule has 0 fully saturated rings. The van der Waals surface area contributed by atoms with Crippen LogP contribution in [0, 0.1) is 0 Å². The van der Waals surface area contributed by atoms with Crippen LogP contribution in [0.4, 0.5) is 0 Å². The van der Waals surface area contributed by atoms with E-state index in [0.29, 0.717) is 23.7 Å². The molecule has 6 heteroatoms. The molecule has 4 aromatic rings. The van der Waals surface area contributed by atoms with Crippen LogP contribution in [0.25, 0.3) is 17.0 Å². The maximum absolute atomic E-state index is 13.0. The minimum absolute atomic E-state index is 0.147. The summed E-state index contributed by atoms with van der Waals surface area (Å²) in [5, 5.41) is 1.00. The van der Waals surface area contributed by atoms with Crippen LogP contribution < -0.4 is 18.9 Å². The molecule has 0 saturated heterocycles. The van der Waals surface area contributed by atoms with Crippen molar-refractivity contribution in [3.8, 4) is 23.0 Å². The first kappa shape index (κ1) is 21.6. The Hall–Kier alpha value is -4.19. The molecular formula is C28H25NO5. The molecule has 3 aromatic carbocycles. The first-order valence-corrected chi connectivity index (χ1v) is 11.1. The molecule has 0 unspecified atom stereocenters. The molecule has 0 radical (unpaired) electrons. The molecule has 172 valence electrons. The van der Waals surface area contributed by atoms with Gasteiger partial charge in [0, 0.05) is 40.8 Å². The zero-order valence-electron chi connectivity index (χ0n) is 19.3. The number of hydrogen-bond acceptors (Lipinski definition) is 5. The topological polar surface area (TPSA) is 58.9 Å². The van der Waals surface area contributed by atoms with Crippen molar-refractivity contribution >= 4 is 22.8 Å². The molecule has 0 bridgehead atoms. The number of carbonyl (C=O) groups is 1. The summed E-state index contributed by atoms with van der Waals surface area (Å²) in [7, 11) is 3.28. The van der Waals surface area contributed by atoms with Crippen LogP contribution in [0.2, 0.25) is 0 Å². The largest absolute Gasteiger partial charge is 0.497 e. The van der Waals surface area contributed by atoms with Crippen molar-refractivity contribution in [2.24, 2.45) is 0 Å². The van der Waals surface area contributed by atoms with Gasteiger partial charge in [0.15, 0.2) is 5.76 Å². The van der Waals surface area contributed by atoms with E-state index >= 15 is 0 Å². The zero-order chi connectivity index (χ0) is 23.7. The molecule has 5 rings (SSSR count). The van der Waals surface area contributed by atoms with Crippen molar-refractivity contribution in [2.45, 2.75) is 20.1 Å². The van der Waals surface area contributed by atoms with E-state index in [0.717, 1.165) is 40.1 Å². The maximum atomic E-state index is 13.0. The van der Waals surface area contributed by atoms with Gasteiger partial charge < -0.3 is 23.5 Å². The summed E-state index contributed by atoms with van der Waals surface area (Å²) < 4.78 is 24.8. The number of Topliss-reactive ketones (excluding diaryl/α,β-unsaturated/α-hetero) is 1. The Labute approximate surface area is 197 Å². The van der Waals surface area contributed by atoms with E-state index in [1.165, 1.54) is 0 Å². The number of para-hydroxylation sites is 1. The number of fused-ring (bicyclic) bond motifs is 2. The SMILES string of the molecule is CCn1cc(/C=C2/Oc3cc(OCc4ccccc4OC)ccc3C2=O)c2cc(OC)ccc21. The average Bonchev–Trinajstić information content (AvgIpc) is 3.39. The second-order valence-corrected chi connectivity index (χ2v) is 7.95. The molecule has 6 nitrogen and oxygen atoms in total. The molecule has 2 heterocycles. The Morgan fingerprint density at radius 1 is 0.971 bits per heavy atom. The second kappa shape index (κ2) is 8.98. The quantitative estimate of drug-likeness (QED) is 0.326. The molecule has 0 N–H and O–H groups in total. The Balaban J connectivity index is 1.41. The lowest BCUT2D eigenvalue weighted by atomic mass is 10.1. The van der Waals surface area contributed by atoms with Crippen molar-refractivity contribution in [2.75, 3.05) is 14.2 Å². The van der Waals surface area contributed by atoms with E-state index in [1.807, 2.05) is 48.7 Å². The third-order valence-electron chi connectivity index (χ3n) is 5.97. The number of ketones is 1. The zero-order valence-corrected chi connectivity index (χ0v) is 19.3.